The number of benzene rings is 2. The van der Waals surface area contributed by atoms with Gasteiger partial charge in [0.1, 0.15) is 0 Å². The molecule has 0 saturated carbocycles. The summed E-state index contributed by atoms with van der Waals surface area (Å²) in [5, 5.41) is 10.8. The molecule has 2 aromatic carbocycles. The number of carbonyl (C=O) groups is 1. The molecule has 0 heterocycles. The quantitative estimate of drug-likeness (QED) is 0.804. The van der Waals surface area contributed by atoms with Gasteiger partial charge in [-0.2, -0.15) is 0 Å². The highest BCUT2D eigenvalue weighted by Crippen LogP contribution is 2.22. The fourth-order valence-corrected chi connectivity index (χ4v) is 1.71. The molecule has 1 N–H and O–H groups in total. The topological polar surface area (TPSA) is 37.3 Å². The van der Waals surface area contributed by atoms with Gasteiger partial charge in [0.15, 0.2) is 0 Å². The summed E-state index contributed by atoms with van der Waals surface area (Å²) in [5.41, 5.74) is 1.38. The standard InChI is InChI=1S/C12H10O2.ClH/c1-8-4-2-5-9-6-3-7-10(11(8)9)12(13)14;/h2-7H,1H3,(H,13,14);1H. The Morgan fingerprint density at radius 3 is 2.33 bits per heavy atom. The van der Waals surface area contributed by atoms with Crippen LogP contribution in [-0.4, -0.2) is 11.1 Å². The Morgan fingerprint density at radius 1 is 1.13 bits per heavy atom. The van der Waals surface area contributed by atoms with Gasteiger partial charge in [-0.25, -0.2) is 4.79 Å². The van der Waals surface area contributed by atoms with E-state index in [-0.39, 0.29) is 12.4 Å². The summed E-state index contributed by atoms with van der Waals surface area (Å²) in [5.74, 6) is -0.870. The number of rotatable bonds is 1. The summed E-state index contributed by atoms with van der Waals surface area (Å²) < 4.78 is 0. The molecule has 78 valence electrons. The average Bonchev–Trinajstić information content (AvgIpc) is 2.17. The molecule has 0 atom stereocenters. The Balaban J connectivity index is 0.00000112. The zero-order chi connectivity index (χ0) is 10.1. The van der Waals surface area contributed by atoms with Crippen molar-refractivity contribution in [1.82, 2.24) is 0 Å². The first-order valence-corrected chi connectivity index (χ1v) is 4.42. The van der Waals surface area contributed by atoms with E-state index in [0.717, 1.165) is 16.3 Å². The van der Waals surface area contributed by atoms with Crippen molar-refractivity contribution >= 4 is 29.1 Å². The van der Waals surface area contributed by atoms with E-state index in [0.29, 0.717) is 5.56 Å². The average molecular weight is 223 g/mol. The van der Waals surface area contributed by atoms with Gasteiger partial charge < -0.3 is 5.11 Å². The second-order valence-corrected chi connectivity index (χ2v) is 3.28. The molecule has 15 heavy (non-hydrogen) atoms. The lowest BCUT2D eigenvalue weighted by atomic mass is 10.0. The van der Waals surface area contributed by atoms with E-state index in [2.05, 4.69) is 0 Å². The van der Waals surface area contributed by atoms with Crippen LogP contribution >= 0.6 is 12.4 Å². The number of hydrogen-bond acceptors (Lipinski definition) is 1. The molecule has 0 radical (unpaired) electrons. The van der Waals surface area contributed by atoms with Crippen LogP contribution in [0.1, 0.15) is 15.9 Å². The minimum Gasteiger partial charge on any atom is -0.478 e. The maximum atomic E-state index is 11.0. The number of aryl methyl sites for hydroxylation is 1. The van der Waals surface area contributed by atoms with Crippen molar-refractivity contribution in [1.29, 1.82) is 0 Å². The van der Waals surface area contributed by atoms with Crippen LogP contribution in [-0.2, 0) is 0 Å². The van der Waals surface area contributed by atoms with Crippen LogP contribution in [0, 0.1) is 6.92 Å². The van der Waals surface area contributed by atoms with Crippen LogP contribution in [0.5, 0.6) is 0 Å². The molecule has 0 unspecified atom stereocenters. The first-order valence-electron chi connectivity index (χ1n) is 4.42. The Hall–Kier alpha value is -1.54. The highest BCUT2D eigenvalue weighted by Gasteiger charge is 2.08. The van der Waals surface area contributed by atoms with Gasteiger partial charge in [0.05, 0.1) is 5.56 Å². The molecule has 0 bridgehead atoms. The maximum absolute atomic E-state index is 11.0. The normalized spacial score (nSPS) is 9.67. The molecule has 2 nitrogen and oxygen atoms in total. The number of fused-ring (bicyclic) bond motifs is 1. The lowest BCUT2D eigenvalue weighted by Gasteiger charge is -2.04. The zero-order valence-electron chi connectivity index (χ0n) is 8.23. The van der Waals surface area contributed by atoms with Gasteiger partial charge in [0.2, 0.25) is 0 Å². The third-order valence-corrected chi connectivity index (χ3v) is 2.34. The number of hydrogen-bond donors (Lipinski definition) is 1. The van der Waals surface area contributed by atoms with Crippen LogP contribution in [0.3, 0.4) is 0 Å². The predicted molar refractivity (Wildman–Crippen MR) is 62.9 cm³/mol. The van der Waals surface area contributed by atoms with Gasteiger partial charge >= 0.3 is 5.97 Å². The van der Waals surface area contributed by atoms with E-state index in [4.69, 9.17) is 5.11 Å². The molecule has 0 fully saturated rings. The maximum Gasteiger partial charge on any atom is 0.336 e. The third kappa shape index (κ3) is 1.95. The smallest absolute Gasteiger partial charge is 0.336 e. The summed E-state index contributed by atoms with van der Waals surface area (Å²) in [4.78, 5) is 11.0. The second kappa shape index (κ2) is 4.32. The van der Waals surface area contributed by atoms with Crippen molar-refractivity contribution in [2.45, 2.75) is 6.92 Å². The molecule has 0 aliphatic rings. The zero-order valence-corrected chi connectivity index (χ0v) is 9.04. The minimum atomic E-state index is -0.870. The van der Waals surface area contributed by atoms with Crippen molar-refractivity contribution < 1.29 is 9.90 Å². The van der Waals surface area contributed by atoms with Gasteiger partial charge in [0.25, 0.3) is 0 Å². The van der Waals surface area contributed by atoms with E-state index in [1.807, 2.05) is 31.2 Å². The van der Waals surface area contributed by atoms with Crippen molar-refractivity contribution in [3.8, 4) is 0 Å². The molecule has 2 aromatic rings. The van der Waals surface area contributed by atoms with Crippen LogP contribution in [0.4, 0.5) is 0 Å². The van der Waals surface area contributed by atoms with Crippen molar-refractivity contribution in [3.63, 3.8) is 0 Å². The molecule has 0 spiro atoms. The Kier molecular flexibility index (Phi) is 3.32. The van der Waals surface area contributed by atoms with E-state index < -0.39 is 5.97 Å². The molecule has 3 heteroatoms. The summed E-state index contributed by atoms with van der Waals surface area (Å²) >= 11 is 0. The monoisotopic (exact) mass is 222 g/mol. The summed E-state index contributed by atoms with van der Waals surface area (Å²) in [7, 11) is 0. The largest absolute Gasteiger partial charge is 0.478 e. The van der Waals surface area contributed by atoms with Crippen LogP contribution in [0.25, 0.3) is 10.8 Å². The van der Waals surface area contributed by atoms with E-state index in [1.54, 1.807) is 12.1 Å². The molecule has 0 aromatic heterocycles. The SMILES string of the molecule is Cc1cccc2cccc(C(=O)O)c12.Cl. The van der Waals surface area contributed by atoms with Crippen molar-refractivity contribution in [2.75, 3.05) is 0 Å². The van der Waals surface area contributed by atoms with Gasteiger partial charge in [0, 0.05) is 0 Å². The van der Waals surface area contributed by atoms with Crippen molar-refractivity contribution in [2.24, 2.45) is 0 Å². The van der Waals surface area contributed by atoms with Gasteiger partial charge in [-0.05, 0) is 29.3 Å². The minimum absolute atomic E-state index is 0. The number of aromatic carboxylic acids is 1. The fraction of sp³-hybridized carbons (Fsp3) is 0.0833. The molecular weight excluding hydrogens is 212 g/mol. The highest BCUT2D eigenvalue weighted by molar-refractivity contribution is 6.04. The third-order valence-electron chi connectivity index (χ3n) is 2.34. The van der Waals surface area contributed by atoms with Crippen LogP contribution in [0.15, 0.2) is 36.4 Å². The summed E-state index contributed by atoms with van der Waals surface area (Å²) in [6, 6.07) is 11.1. The first kappa shape index (κ1) is 11.5. The van der Waals surface area contributed by atoms with Crippen LogP contribution in [0.2, 0.25) is 0 Å². The Morgan fingerprint density at radius 2 is 1.73 bits per heavy atom. The van der Waals surface area contributed by atoms with Gasteiger partial charge in [-0.1, -0.05) is 30.3 Å². The fourth-order valence-electron chi connectivity index (χ4n) is 1.71. The molecule has 0 aliphatic carbocycles. The van der Waals surface area contributed by atoms with E-state index in [9.17, 15) is 4.79 Å². The Labute approximate surface area is 94.0 Å². The second-order valence-electron chi connectivity index (χ2n) is 3.28. The lowest BCUT2D eigenvalue weighted by molar-refractivity contribution is 0.0699. The van der Waals surface area contributed by atoms with Gasteiger partial charge in [-0.3, -0.25) is 0 Å². The molecule has 2 rings (SSSR count). The number of halogens is 1. The number of carboxylic acid groups (broad SMARTS) is 1. The molecular formula is C12H11ClO2. The summed E-state index contributed by atoms with van der Waals surface area (Å²) in [6.45, 7) is 1.93. The Bertz CT molecular complexity index is 501. The highest BCUT2D eigenvalue weighted by atomic mass is 35.5. The van der Waals surface area contributed by atoms with E-state index >= 15 is 0 Å². The summed E-state index contributed by atoms with van der Waals surface area (Å²) in [6.07, 6.45) is 0. The first-order chi connectivity index (χ1) is 6.70. The van der Waals surface area contributed by atoms with Gasteiger partial charge in [-0.15, -0.1) is 12.4 Å². The van der Waals surface area contributed by atoms with Crippen LogP contribution < -0.4 is 0 Å². The lowest BCUT2D eigenvalue weighted by Crippen LogP contribution is -1.98. The number of carboxylic acids is 1. The van der Waals surface area contributed by atoms with Crippen molar-refractivity contribution in [3.05, 3.63) is 47.5 Å². The molecule has 0 saturated heterocycles. The van der Waals surface area contributed by atoms with E-state index in [1.165, 1.54) is 0 Å². The predicted octanol–water partition coefficient (Wildman–Crippen LogP) is 3.27. The molecule has 0 aliphatic heterocycles. The molecule has 0 amide bonds.